The second kappa shape index (κ2) is 9.77. The van der Waals surface area contributed by atoms with Crippen molar-refractivity contribution in [3.63, 3.8) is 0 Å². The van der Waals surface area contributed by atoms with Crippen LogP contribution in [-0.2, 0) is 13.0 Å². The Morgan fingerprint density at radius 3 is 2.22 bits per heavy atom. The molecule has 4 amide bonds. The summed E-state index contributed by atoms with van der Waals surface area (Å²) in [6, 6.07) is 21.8. The Balaban J connectivity index is 1.23. The van der Waals surface area contributed by atoms with Crippen LogP contribution < -0.4 is 5.32 Å². The maximum atomic E-state index is 13.1. The fourth-order valence-corrected chi connectivity index (χ4v) is 4.34. The summed E-state index contributed by atoms with van der Waals surface area (Å²) in [5.41, 5.74) is 3.46. The normalized spacial score (nSPS) is 14.5. The van der Waals surface area contributed by atoms with Crippen molar-refractivity contribution in [2.24, 2.45) is 0 Å². The van der Waals surface area contributed by atoms with Gasteiger partial charge in [0.2, 0.25) is 0 Å². The Bertz CT molecular complexity index is 1330. The largest absolute Gasteiger partial charge is 0.349 e. The highest BCUT2D eigenvalue weighted by Crippen LogP contribution is 2.25. The average Bonchev–Trinajstić information content (AvgIpc) is 3.68. The van der Waals surface area contributed by atoms with Crippen molar-refractivity contribution in [3.05, 3.63) is 106 Å². The summed E-state index contributed by atoms with van der Waals surface area (Å²) in [6.45, 7) is 0.630. The van der Waals surface area contributed by atoms with Crippen molar-refractivity contribution in [3.8, 4) is 0 Å². The third-order valence-electron chi connectivity index (χ3n) is 6.58. The number of amides is 4. The van der Waals surface area contributed by atoms with E-state index in [0.29, 0.717) is 35.7 Å². The van der Waals surface area contributed by atoms with Crippen LogP contribution in [0.2, 0.25) is 0 Å². The van der Waals surface area contributed by atoms with Gasteiger partial charge in [0, 0.05) is 37.3 Å². The van der Waals surface area contributed by atoms with Gasteiger partial charge in [0.15, 0.2) is 0 Å². The topological polar surface area (TPSA) is 86.8 Å². The molecule has 1 N–H and O–H groups in total. The lowest BCUT2D eigenvalue weighted by atomic mass is 10.0. The van der Waals surface area contributed by atoms with Gasteiger partial charge in [-0.15, -0.1) is 0 Å². The molecule has 2 aliphatic rings. The van der Waals surface area contributed by atoms with Gasteiger partial charge in [-0.05, 0) is 60.7 Å². The molecule has 1 aliphatic carbocycles. The number of nitrogens with zero attached hydrogens (tertiary/aromatic N) is 2. The molecule has 3 aromatic carbocycles. The van der Waals surface area contributed by atoms with Crippen LogP contribution in [0.3, 0.4) is 0 Å². The van der Waals surface area contributed by atoms with Gasteiger partial charge in [-0.25, -0.2) is 0 Å². The molecule has 0 radical (unpaired) electrons. The first-order valence-electron chi connectivity index (χ1n) is 12.1. The SMILES string of the molecule is CN(Cc1ccc(C(=O)NC2CC2)cc1)C(=O)c1ccc2c(c1)C(=O)N(CCc1ccccc1)C2=O. The number of hydrogen-bond donors (Lipinski definition) is 1. The van der Waals surface area contributed by atoms with E-state index >= 15 is 0 Å². The zero-order valence-electron chi connectivity index (χ0n) is 20.1. The molecule has 0 atom stereocenters. The average molecular weight is 482 g/mol. The van der Waals surface area contributed by atoms with E-state index in [2.05, 4.69) is 5.32 Å². The van der Waals surface area contributed by atoms with E-state index < -0.39 is 0 Å². The van der Waals surface area contributed by atoms with Gasteiger partial charge in [-0.1, -0.05) is 42.5 Å². The molecular weight excluding hydrogens is 454 g/mol. The van der Waals surface area contributed by atoms with E-state index in [-0.39, 0.29) is 35.7 Å². The van der Waals surface area contributed by atoms with Gasteiger partial charge >= 0.3 is 0 Å². The number of carbonyl (C=O) groups is 4. The first-order chi connectivity index (χ1) is 17.4. The monoisotopic (exact) mass is 481 g/mol. The molecular formula is C29H27N3O4. The summed E-state index contributed by atoms with van der Waals surface area (Å²) in [4.78, 5) is 53.8. The molecule has 0 aromatic heterocycles. The highest BCUT2D eigenvalue weighted by atomic mass is 16.2. The van der Waals surface area contributed by atoms with Gasteiger partial charge in [-0.3, -0.25) is 24.1 Å². The Hall–Kier alpha value is -4.26. The fraction of sp³-hybridized carbons (Fsp3) is 0.241. The lowest BCUT2D eigenvalue weighted by Crippen LogP contribution is -2.31. The second-order valence-corrected chi connectivity index (χ2v) is 9.36. The molecule has 5 rings (SSSR count). The molecule has 0 spiro atoms. The number of hydrogen-bond acceptors (Lipinski definition) is 4. The van der Waals surface area contributed by atoms with Crippen LogP contribution in [-0.4, -0.2) is 53.1 Å². The van der Waals surface area contributed by atoms with E-state index in [1.807, 2.05) is 42.5 Å². The number of imide groups is 1. The molecule has 182 valence electrons. The van der Waals surface area contributed by atoms with Crippen LogP contribution in [0, 0.1) is 0 Å². The fourth-order valence-electron chi connectivity index (χ4n) is 4.34. The molecule has 0 saturated heterocycles. The quantitative estimate of drug-likeness (QED) is 0.497. The smallest absolute Gasteiger partial charge is 0.261 e. The molecule has 36 heavy (non-hydrogen) atoms. The predicted molar refractivity (Wildman–Crippen MR) is 135 cm³/mol. The van der Waals surface area contributed by atoms with Crippen molar-refractivity contribution >= 4 is 23.6 Å². The Morgan fingerprint density at radius 1 is 0.861 bits per heavy atom. The van der Waals surface area contributed by atoms with Crippen molar-refractivity contribution in [1.82, 2.24) is 15.1 Å². The molecule has 1 saturated carbocycles. The van der Waals surface area contributed by atoms with Crippen LogP contribution in [0.5, 0.6) is 0 Å². The van der Waals surface area contributed by atoms with Crippen molar-refractivity contribution in [1.29, 1.82) is 0 Å². The highest BCUT2D eigenvalue weighted by molar-refractivity contribution is 6.22. The number of nitrogens with one attached hydrogen (secondary N) is 1. The molecule has 1 aliphatic heterocycles. The zero-order valence-corrected chi connectivity index (χ0v) is 20.1. The van der Waals surface area contributed by atoms with Gasteiger partial charge < -0.3 is 10.2 Å². The molecule has 7 heteroatoms. The number of fused-ring (bicyclic) bond motifs is 1. The zero-order chi connectivity index (χ0) is 25.2. The summed E-state index contributed by atoms with van der Waals surface area (Å²) in [5, 5.41) is 2.96. The standard InChI is InChI=1S/C29H27N3O4/c1-31(18-20-7-9-21(10-8-20)26(33)30-23-12-13-23)27(34)22-11-14-24-25(17-22)29(36)32(28(24)35)16-15-19-5-3-2-4-6-19/h2-11,14,17,23H,12-13,15-16,18H2,1H3,(H,30,33). The predicted octanol–water partition coefficient (Wildman–Crippen LogP) is 3.69. The summed E-state index contributed by atoms with van der Waals surface area (Å²) in [7, 11) is 1.68. The summed E-state index contributed by atoms with van der Waals surface area (Å²) >= 11 is 0. The molecule has 0 bridgehead atoms. The van der Waals surface area contributed by atoms with Gasteiger partial charge in [0.1, 0.15) is 0 Å². The second-order valence-electron chi connectivity index (χ2n) is 9.36. The van der Waals surface area contributed by atoms with Crippen molar-refractivity contribution < 1.29 is 19.2 Å². The Labute approximate surface area is 209 Å². The van der Waals surface area contributed by atoms with Crippen LogP contribution in [0.1, 0.15) is 65.4 Å². The van der Waals surface area contributed by atoms with Gasteiger partial charge in [0.25, 0.3) is 23.6 Å². The van der Waals surface area contributed by atoms with Crippen molar-refractivity contribution in [2.75, 3.05) is 13.6 Å². The molecule has 1 heterocycles. The van der Waals surface area contributed by atoms with Crippen LogP contribution in [0.4, 0.5) is 0 Å². The van der Waals surface area contributed by atoms with E-state index in [4.69, 9.17) is 0 Å². The highest BCUT2D eigenvalue weighted by Gasteiger charge is 2.35. The van der Waals surface area contributed by atoms with Gasteiger partial charge in [-0.2, -0.15) is 0 Å². The molecule has 7 nitrogen and oxygen atoms in total. The maximum absolute atomic E-state index is 13.1. The minimum atomic E-state index is -0.372. The first kappa shape index (κ1) is 23.5. The Morgan fingerprint density at radius 2 is 1.53 bits per heavy atom. The van der Waals surface area contributed by atoms with E-state index in [1.165, 1.54) is 11.0 Å². The third-order valence-corrected chi connectivity index (χ3v) is 6.58. The first-order valence-corrected chi connectivity index (χ1v) is 12.1. The lowest BCUT2D eigenvalue weighted by molar-refractivity contribution is 0.0655. The van der Waals surface area contributed by atoms with Crippen molar-refractivity contribution in [2.45, 2.75) is 31.8 Å². The summed E-state index contributed by atoms with van der Waals surface area (Å²) in [6.07, 6.45) is 2.64. The van der Waals surface area contributed by atoms with Crippen LogP contribution in [0.15, 0.2) is 72.8 Å². The minimum absolute atomic E-state index is 0.0800. The molecule has 3 aromatic rings. The van der Waals surface area contributed by atoms with E-state index in [0.717, 1.165) is 24.0 Å². The molecule has 1 fully saturated rings. The summed E-state index contributed by atoms with van der Waals surface area (Å²) < 4.78 is 0. The third kappa shape index (κ3) is 4.91. The number of rotatable bonds is 8. The molecule has 0 unspecified atom stereocenters. The van der Waals surface area contributed by atoms with E-state index in [9.17, 15) is 19.2 Å². The Kier molecular flexibility index (Phi) is 6.38. The van der Waals surface area contributed by atoms with Crippen LogP contribution >= 0.6 is 0 Å². The number of carbonyl (C=O) groups excluding carboxylic acids is 4. The van der Waals surface area contributed by atoms with Crippen LogP contribution in [0.25, 0.3) is 0 Å². The minimum Gasteiger partial charge on any atom is -0.349 e. The maximum Gasteiger partial charge on any atom is 0.261 e. The lowest BCUT2D eigenvalue weighted by Gasteiger charge is -2.18. The summed E-state index contributed by atoms with van der Waals surface area (Å²) in [5.74, 6) is -1.03. The number of benzene rings is 3. The van der Waals surface area contributed by atoms with E-state index in [1.54, 1.807) is 36.2 Å². The van der Waals surface area contributed by atoms with Gasteiger partial charge in [0.05, 0.1) is 11.1 Å².